The van der Waals surface area contributed by atoms with Gasteiger partial charge in [0.1, 0.15) is 5.82 Å². The molecular formula is C17H16FNO4. The Bertz CT molecular complexity index is 746. The summed E-state index contributed by atoms with van der Waals surface area (Å²) in [6.07, 6.45) is 0. The van der Waals surface area contributed by atoms with Crippen LogP contribution in [0.4, 0.5) is 4.39 Å². The van der Waals surface area contributed by atoms with Crippen molar-refractivity contribution in [3.8, 4) is 11.1 Å². The average Bonchev–Trinajstić information content (AvgIpc) is 2.53. The predicted molar refractivity (Wildman–Crippen MR) is 81.8 cm³/mol. The van der Waals surface area contributed by atoms with Gasteiger partial charge in [0.2, 0.25) is 0 Å². The zero-order valence-electron chi connectivity index (χ0n) is 13.3. The van der Waals surface area contributed by atoms with E-state index in [4.69, 9.17) is 9.47 Å². The van der Waals surface area contributed by atoms with Crippen molar-refractivity contribution in [1.29, 1.82) is 0 Å². The standard InChI is InChI=1S/C17H16FNO4/c1-9-13(16(20)22-3)15(11-7-5-6-8-12(11)18)14(10(2)19-9)17(21)23-4/h5-8H,1-4H3. The number of rotatable bonds is 3. The van der Waals surface area contributed by atoms with Crippen LogP contribution in [-0.4, -0.2) is 31.1 Å². The molecule has 0 saturated carbocycles. The number of pyridine rings is 1. The molecule has 0 amide bonds. The Balaban J connectivity index is 2.97. The van der Waals surface area contributed by atoms with Crippen molar-refractivity contribution >= 4 is 11.9 Å². The van der Waals surface area contributed by atoms with E-state index in [2.05, 4.69) is 4.98 Å². The lowest BCUT2D eigenvalue weighted by Crippen LogP contribution is -2.16. The molecule has 0 bridgehead atoms. The molecule has 2 aromatic rings. The van der Waals surface area contributed by atoms with Gasteiger partial charge in [0.05, 0.1) is 36.7 Å². The Kier molecular flexibility index (Phi) is 4.74. The summed E-state index contributed by atoms with van der Waals surface area (Å²) in [7, 11) is 2.43. The van der Waals surface area contributed by atoms with Crippen LogP contribution in [0.1, 0.15) is 32.1 Å². The van der Waals surface area contributed by atoms with Crippen LogP contribution in [0.2, 0.25) is 0 Å². The lowest BCUT2D eigenvalue weighted by Gasteiger charge is -2.17. The Morgan fingerprint density at radius 2 is 1.43 bits per heavy atom. The molecule has 2 rings (SSSR count). The number of carbonyl (C=O) groups is 2. The minimum atomic E-state index is -0.696. The molecule has 0 saturated heterocycles. The largest absolute Gasteiger partial charge is 0.465 e. The van der Waals surface area contributed by atoms with Crippen molar-refractivity contribution in [3.63, 3.8) is 0 Å². The van der Waals surface area contributed by atoms with Crippen LogP contribution >= 0.6 is 0 Å². The molecule has 0 N–H and O–H groups in total. The van der Waals surface area contributed by atoms with Gasteiger partial charge in [-0.2, -0.15) is 0 Å². The Morgan fingerprint density at radius 3 is 1.87 bits per heavy atom. The zero-order chi connectivity index (χ0) is 17.1. The Morgan fingerprint density at radius 1 is 0.957 bits per heavy atom. The summed E-state index contributed by atoms with van der Waals surface area (Å²) in [5.41, 5.74) is 1.03. The van der Waals surface area contributed by atoms with Crippen molar-refractivity contribution in [2.75, 3.05) is 14.2 Å². The molecule has 1 heterocycles. The number of esters is 2. The number of benzene rings is 1. The summed E-state index contributed by atoms with van der Waals surface area (Å²) in [4.78, 5) is 28.6. The highest BCUT2D eigenvalue weighted by atomic mass is 19.1. The Hall–Kier alpha value is -2.76. The van der Waals surface area contributed by atoms with Crippen LogP contribution in [-0.2, 0) is 9.47 Å². The molecule has 1 aromatic heterocycles. The number of hydrogen-bond donors (Lipinski definition) is 0. The maximum absolute atomic E-state index is 14.3. The van der Waals surface area contributed by atoms with E-state index >= 15 is 0 Å². The van der Waals surface area contributed by atoms with Crippen molar-refractivity contribution in [3.05, 3.63) is 52.6 Å². The van der Waals surface area contributed by atoms with E-state index in [-0.39, 0.29) is 22.3 Å². The van der Waals surface area contributed by atoms with Gasteiger partial charge in [0.15, 0.2) is 0 Å². The van der Waals surface area contributed by atoms with Gasteiger partial charge < -0.3 is 9.47 Å². The van der Waals surface area contributed by atoms with Crippen LogP contribution in [0.5, 0.6) is 0 Å². The molecule has 23 heavy (non-hydrogen) atoms. The van der Waals surface area contributed by atoms with Crippen LogP contribution in [0, 0.1) is 19.7 Å². The number of halogens is 1. The first-order chi connectivity index (χ1) is 10.9. The fraction of sp³-hybridized carbons (Fsp3) is 0.235. The van der Waals surface area contributed by atoms with E-state index in [1.807, 2.05) is 0 Å². The Labute approximate surface area is 133 Å². The minimum absolute atomic E-state index is 0.0450. The summed E-state index contributed by atoms with van der Waals surface area (Å²) in [6, 6.07) is 5.88. The molecule has 0 fully saturated rings. The summed E-state index contributed by atoms with van der Waals surface area (Å²) in [5.74, 6) is -1.95. The highest BCUT2D eigenvalue weighted by Gasteiger charge is 2.28. The smallest absolute Gasteiger partial charge is 0.340 e. The van der Waals surface area contributed by atoms with Gasteiger partial charge in [0, 0.05) is 11.1 Å². The molecule has 1 aromatic carbocycles. The summed E-state index contributed by atoms with van der Waals surface area (Å²) in [6.45, 7) is 3.20. The summed E-state index contributed by atoms with van der Waals surface area (Å²) < 4.78 is 23.9. The van der Waals surface area contributed by atoms with Crippen molar-refractivity contribution in [2.24, 2.45) is 0 Å². The average molecular weight is 317 g/mol. The molecule has 6 heteroatoms. The molecule has 5 nitrogen and oxygen atoms in total. The van der Waals surface area contributed by atoms with Crippen molar-refractivity contribution in [2.45, 2.75) is 13.8 Å². The van der Waals surface area contributed by atoms with Crippen LogP contribution < -0.4 is 0 Å². The number of ether oxygens (including phenoxy) is 2. The van der Waals surface area contributed by atoms with Gasteiger partial charge in [-0.1, -0.05) is 18.2 Å². The lowest BCUT2D eigenvalue weighted by molar-refractivity contribution is 0.0599. The van der Waals surface area contributed by atoms with E-state index in [1.54, 1.807) is 19.9 Å². The van der Waals surface area contributed by atoms with Gasteiger partial charge in [-0.3, -0.25) is 4.98 Å². The third-order valence-corrected chi connectivity index (χ3v) is 3.48. The molecule has 0 unspecified atom stereocenters. The predicted octanol–water partition coefficient (Wildman–Crippen LogP) is 3.08. The second kappa shape index (κ2) is 6.56. The molecular weight excluding hydrogens is 301 g/mol. The topological polar surface area (TPSA) is 65.5 Å². The minimum Gasteiger partial charge on any atom is -0.465 e. The molecule has 0 spiro atoms. The monoisotopic (exact) mass is 317 g/mol. The third kappa shape index (κ3) is 2.92. The lowest BCUT2D eigenvalue weighted by atomic mass is 9.92. The van der Waals surface area contributed by atoms with Gasteiger partial charge in [-0.15, -0.1) is 0 Å². The zero-order valence-corrected chi connectivity index (χ0v) is 13.3. The van der Waals surface area contributed by atoms with Crippen LogP contribution in [0.25, 0.3) is 11.1 Å². The highest BCUT2D eigenvalue weighted by molar-refractivity contribution is 6.07. The van der Waals surface area contributed by atoms with E-state index in [0.717, 1.165) is 0 Å². The van der Waals surface area contributed by atoms with Crippen molar-refractivity contribution in [1.82, 2.24) is 4.98 Å². The van der Waals surface area contributed by atoms with Gasteiger partial charge in [-0.25, -0.2) is 14.0 Å². The maximum Gasteiger partial charge on any atom is 0.340 e. The maximum atomic E-state index is 14.3. The van der Waals surface area contributed by atoms with Crippen molar-refractivity contribution < 1.29 is 23.5 Å². The van der Waals surface area contributed by atoms with Crippen LogP contribution in [0.3, 0.4) is 0 Å². The number of carbonyl (C=O) groups excluding carboxylic acids is 2. The van der Waals surface area contributed by atoms with E-state index < -0.39 is 17.8 Å². The molecule has 120 valence electrons. The number of methoxy groups -OCH3 is 2. The second-order valence-corrected chi connectivity index (χ2v) is 4.87. The fourth-order valence-corrected chi connectivity index (χ4v) is 2.49. The second-order valence-electron chi connectivity index (χ2n) is 4.87. The van der Waals surface area contributed by atoms with Gasteiger partial charge in [0.25, 0.3) is 0 Å². The van der Waals surface area contributed by atoms with Gasteiger partial charge in [-0.05, 0) is 19.9 Å². The molecule has 0 aliphatic carbocycles. The highest BCUT2D eigenvalue weighted by Crippen LogP contribution is 2.33. The third-order valence-electron chi connectivity index (χ3n) is 3.48. The first-order valence-corrected chi connectivity index (χ1v) is 6.85. The summed E-state index contributed by atoms with van der Waals surface area (Å²) >= 11 is 0. The van der Waals surface area contributed by atoms with E-state index in [9.17, 15) is 14.0 Å². The van der Waals surface area contributed by atoms with Crippen LogP contribution in [0.15, 0.2) is 24.3 Å². The number of aryl methyl sites for hydroxylation is 2. The molecule has 0 radical (unpaired) electrons. The number of hydrogen-bond acceptors (Lipinski definition) is 5. The summed E-state index contributed by atoms with van der Waals surface area (Å²) in [5, 5.41) is 0. The first kappa shape index (κ1) is 16.6. The number of aromatic nitrogens is 1. The molecule has 0 atom stereocenters. The van der Waals surface area contributed by atoms with Gasteiger partial charge >= 0.3 is 11.9 Å². The first-order valence-electron chi connectivity index (χ1n) is 6.85. The van der Waals surface area contributed by atoms with E-state index in [0.29, 0.717) is 11.4 Å². The quantitative estimate of drug-likeness (QED) is 0.814. The fourth-order valence-electron chi connectivity index (χ4n) is 2.49. The van der Waals surface area contributed by atoms with E-state index in [1.165, 1.54) is 32.4 Å². The SMILES string of the molecule is COC(=O)c1c(C)nc(C)c(C(=O)OC)c1-c1ccccc1F. The number of nitrogens with zero attached hydrogens (tertiary/aromatic N) is 1. The molecule has 0 aliphatic heterocycles. The normalized spacial score (nSPS) is 10.3. The molecule has 0 aliphatic rings.